The normalized spacial score (nSPS) is 16.4. The lowest BCUT2D eigenvalue weighted by Gasteiger charge is -2.33. The number of rotatable bonds is 5. The molecule has 1 amide bonds. The summed E-state index contributed by atoms with van der Waals surface area (Å²) >= 11 is 0. The molecular formula is C17H23N3O. The van der Waals surface area contributed by atoms with Crippen molar-refractivity contribution in [2.45, 2.75) is 39.2 Å². The first kappa shape index (κ1) is 15.5. The molecule has 0 bridgehead atoms. The van der Waals surface area contributed by atoms with Gasteiger partial charge < -0.3 is 10.6 Å². The van der Waals surface area contributed by atoms with Gasteiger partial charge in [-0.1, -0.05) is 31.0 Å². The van der Waals surface area contributed by atoms with Crippen LogP contribution in [0.25, 0.3) is 0 Å². The quantitative estimate of drug-likeness (QED) is 0.903. The number of benzene rings is 1. The average Bonchev–Trinajstić information content (AvgIpc) is 3.02. The molecule has 1 fully saturated rings. The van der Waals surface area contributed by atoms with E-state index in [4.69, 9.17) is 5.73 Å². The fraction of sp³-hybridized carbons (Fsp3) is 0.529. The van der Waals surface area contributed by atoms with Crippen LogP contribution in [0, 0.1) is 16.7 Å². The fourth-order valence-corrected chi connectivity index (χ4v) is 3.19. The van der Waals surface area contributed by atoms with Crippen LogP contribution in [0.4, 0.5) is 0 Å². The van der Waals surface area contributed by atoms with Crippen molar-refractivity contribution in [3.05, 3.63) is 35.4 Å². The van der Waals surface area contributed by atoms with Crippen LogP contribution in [-0.4, -0.2) is 23.9 Å². The number of amides is 1. The van der Waals surface area contributed by atoms with Gasteiger partial charge in [-0.2, -0.15) is 5.26 Å². The van der Waals surface area contributed by atoms with Crippen molar-refractivity contribution in [1.82, 2.24) is 4.90 Å². The molecule has 0 atom stereocenters. The Hall–Kier alpha value is -1.86. The van der Waals surface area contributed by atoms with E-state index in [1.165, 1.54) is 0 Å². The second-order valence-corrected chi connectivity index (χ2v) is 5.78. The van der Waals surface area contributed by atoms with E-state index in [9.17, 15) is 10.1 Å². The molecule has 1 saturated carbocycles. The van der Waals surface area contributed by atoms with Crippen molar-refractivity contribution in [1.29, 1.82) is 5.26 Å². The topological polar surface area (TPSA) is 70.1 Å². The molecule has 21 heavy (non-hydrogen) atoms. The highest BCUT2D eigenvalue weighted by molar-refractivity contribution is 5.83. The summed E-state index contributed by atoms with van der Waals surface area (Å²) in [5.74, 6) is 0.151. The Kier molecular flexibility index (Phi) is 4.98. The third-order valence-electron chi connectivity index (χ3n) is 4.57. The minimum absolute atomic E-state index is 0.151. The van der Waals surface area contributed by atoms with Gasteiger partial charge in [0.1, 0.15) is 0 Å². The average molecular weight is 285 g/mol. The molecule has 1 aliphatic rings. The molecule has 1 aliphatic carbocycles. The van der Waals surface area contributed by atoms with E-state index >= 15 is 0 Å². The molecule has 0 aliphatic heterocycles. The number of hydrogen-bond acceptors (Lipinski definition) is 3. The molecule has 0 spiro atoms. The van der Waals surface area contributed by atoms with Crippen LogP contribution >= 0.6 is 0 Å². The maximum Gasteiger partial charge on any atom is 0.230 e. The van der Waals surface area contributed by atoms with E-state index < -0.39 is 0 Å². The Morgan fingerprint density at radius 3 is 2.62 bits per heavy atom. The molecule has 0 heterocycles. The van der Waals surface area contributed by atoms with Gasteiger partial charge in [0.25, 0.3) is 0 Å². The molecule has 0 aromatic heterocycles. The van der Waals surface area contributed by atoms with Gasteiger partial charge in [0.05, 0.1) is 17.0 Å². The van der Waals surface area contributed by atoms with Crippen molar-refractivity contribution in [3.8, 4) is 6.07 Å². The Labute approximate surface area is 126 Å². The maximum atomic E-state index is 12.9. The molecule has 2 N–H and O–H groups in total. The number of nitrogens with zero attached hydrogens (tertiary/aromatic N) is 2. The molecule has 2 rings (SSSR count). The zero-order chi connectivity index (χ0) is 15.3. The second-order valence-electron chi connectivity index (χ2n) is 5.78. The maximum absolute atomic E-state index is 12.9. The van der Waals surface area contributed by atoms with Crippen molar-refractivity contribution in [2.75, 3.05) is 13.1 Å². The highest BCUT2D eigenvalue weighted by atomic mass is 16.2. The zero-order valence-electron chi connectivity index (χ0n) is 12.6. The lowest BCUT2D eigenvalue weighted by atomic mass is 9.84. The van der Waals surface area contributed by atoms with Gasteiger partial charge in [0.15, 0.2) is 0 Å². The first-order valence-corrected chi connectivity index (χ1v) is 7.64. The number of carbonyl (C=O) groups is 1. The molecule has 4 heteroatoms. The summed E-state index contributed by atoms with van der Waals surface area (Å²) in [6.45, 7) is 3.52. The monoisotopic (exact) mass is 285 g/mol. The van der Waals surface area contributed by atoms with E-state index in [0.29, 0.717) is 25.2 Å². The SMILES string of the molecule is CCN(Cc1ccccc1C#N)C(=O)C1(CN)CCCC1. The first-order chi connectivity index (χ1) is 10.2. The van der Waals surface area contributed by atoms with E-state index in [-0.39, 0.29) is 11.3 Å². The van der Waals surface area contributed by atoms with Gasteiger partial charge in [0.2, 0.25) is 5.91 Å². The van der Waals surface area contributed by atoms with Crippen molar-refractivity contribution >= 4 is 5.91 Å². The van der Waals surface area contributed by atoms with E-state index in [2.05, 4.69) is 6.07 Å². The predicted molar refractivity (Wildman–Crippen MR) is 82.2 cm³/mol. The summed E-state index contributed by atoms with van der Waals surface area (Å²) < 4.78 is 0. The largest absolute Gasteiger partial charge is 0.338 e. The summed E-state index contributed by atoms with van der Waals surface area (Å²) in [6.07, 6.45) is 3.93. The number of nitrogens with two attached hydrogens (primary N) is 1. The van der Waals surface area contributed by atoms with Crippen LogP contribution < -0.4 is 5.73 Å². The van der Waals surface area contributed by atoms with Crippen molar-refractivity contribution in [2.24, 2.45) is 11.1 Å². The number of hydrogen-bond donors (Lipinski definition) is 1. The lowest BCUT2D eigenvalue weighted by Crippen LogP contribution is -2.46. The molecule has 112 valence electrons. The molecule has 0 unspecified atom stereocenters. The smallest absolute Gasteiger partial charge is 0.230 e. The molecule has 1 aromatic carbocycles. The van der Waals surface area contributed by atoms with E-state index in [0.717, 1.165) is 31.2 Å². The Morgan fingerprint density at radius 2 is 2.05 bits per heavy atom. The minimum Gasteiger partial charge on any atom is -0.338 e. The number of nitriles is 1. The lowest BCUT2D eigenvalue weighted by molar-refractivity contribution is -0.141. The minimum atomic E-state index is -0.377. The van der Waals surface area contributed by atoms with Crippen LogP contribution in [0.5, 0.6) is 0 Å². The summed E-state index contributed by atoms with van der Waals surface area (Å²) in [5.41, 5.74) is 7.07. The van der Waals surface area contributed by atoms with Gasteiger partial charge >= 0.3 is 0 Å². The fourth-order valence-electron chi connectivity index (χ4n) is 3.19. The zero-order valence-corrected chi connectivity index (χ0v) is 12.6. The van der Waals surface area contributed by atoms with E-state index in [1.807, 2.05) is 30.0 Å². The molecule has 4 nitrogen and oxygen atoms in total. The predicted octanol–water partition coefficient (Wildman–Crippen LogP) is 2.43. The number of carbonyl (C=O) groups excluding carboxylic acids is 1. The Bertz CT molecular complexity index is 541. The molecular weight excluding hydrogens is 262 g/mol. The molecule has 1 aromatic rings. The van der Waals surface area contributed by atoms with Crippen molar-refractivity contribution in [3.63, 3.8) is 0 Å². The Morgan fingerprint density at radius 1 is 1.38 bits per heavy atom. The highest BCUT2D eigenvalue weighted by Gasteiger charge is 2.42. The first-order valence-electron chi connectivity index (χ1n) is 7.64. The van der Waals surface area contributed by atoms with Crippen molar-refractivity contribution < 1.29 is 4.79 Å². The third kappa shape index (κ3) is 3.08. The van der Waals surface area contributed by atoms with Gasteiger partial charge in [-0.05, 0) is 31.4 Å². The summed E-state index contributed by atoms with van der Waals surface area (Å²) in [7, 11) is 0. The molecule has 0 radical (unpaired) electrons. The third-order valence-corrected chi connectivity index (χ3v) is 4.57. The van der Waals surface area contributed by atoms with Gasteiger partial charge in [0, 0.05) is 19.6 Å². The standard InChI is InChI=1S/C17H23N3O/c1-2-20(12-15-8-4-3-7-14(15)11-18)16(21)17(13-19)9-5-6-10-17/h3-4,7-8H,2,5-6,9-10,12-13,19H2,1H3. The van der Waals surface area contributed by atoms with Crippen LogP contribution in [0.3, 0.4) is 0 Å². The summed E-state index contributed by atoms with van der Waals surface area (Å²) in [4.78, 5) is 14.7. The Balaban J connectivity index is 2.20. The van der Waals surface area contributed by atoms with Crippen LogP contribution in [0.15, 0.2) is 24.3 Å². The highest BCUT2D eigenvalue weighted by Crippen LogP contribution is 2.39. The van der Waals surface area contributed by atoms with Gasteiger partial charge in [-0.25, -0.2) is 0 Å². The van der Waals surface area contributed by atoms with Gasteiger partial charge in [-0.15, -0.1) is 0 Å². The van der Waals surface area contributed by atoms with Crippen LogP contribution in [0.2, 0.25) is 0 Å². The summed E-state index contributed by atoms with van der Waals surface area (Å²) in [6, 6.07) is 9.65. The van der Waals surface area contributed by atoms with Crippen LogP contribution in [0.1, 0.15) is 43.7 Å². The van der Waals surface area contributed by atoms with E-state index in [1.54, 1.807) is 6.07 Å². The van der Waals surface area contributed by atoms with Crippen LogP contribution in [-0.2, 0) is 11.3 Å². The summed E-state index contributed by atoms with van der Waals surface area (Å²) in [5, 5.41) is 9.18. The molecule has 0 saturated heterocycles. The second kappa shape index (κ2) is 6.73. The van der Waals surface area contributed by atoms with Gasteiger partial charge in [-0.3, -0.25) is 4.79 Å².